The second-order valence-corrected chi connectivity index (χ2v) is 3.49. The molecule has 0 saturated heterocycles. The first-order chi connectivity index (χ1) is 7.06. The third-order valence-electron chi connectivity index (χ3n) is 2.21. The van der Waals surface area contributed by atoms with Gasteiger partial charge < -0.3 is 0 Å². The van der Waals surface area contributed by atoms with Gasteiger partial charge in [0.2, 0.25) is 0 Å². The summed E-state index contributed by atoms with van der Waals surface area (Å²) in [4.78, 5) is 15.0. The summed E-state index contributed by atoms with van der Waals surface area (Å²) in [6.07, 6.45) is 0. The Balaban J connectivity index is 3.11. The Kier molecular flexibility index (Phi) is 3.81. The minimum atomic E-state index is -0.462. The number of carbonyl (C=O) groups excluding carboxylic acids is 1. The summed E-state index contributed by atoms with van der Waals surface area (Å²) >= 11 is 5.39. The lowest BCUT2D eigenvalue weighted by atomic mass is 10.0. The van der Waals surface area contributed by atoms with Crippen molar-refractivity contribution in [1.82, 2.24) is 0 Å². The van der Waals surface area contributed by atoms with Crippen LogP contribution < -0.4 is 0 Å². The van der Waals surface area contributed by atoms with Crippen LogP contribution in [0.2, 0.25) is 0 Å². The van der Waals surface area contributed by atoms with E-state index < -0.39 is 5.24 Å². The Bertz CT molecular complexity index is 435. The molecule has 1 aromatic carbocycles. The van der Waals surface area contributed by atoms with Crippen molar-refractivity contribution in [2.24, 2.45) is 4.99 Å². The zero-order chi connectivity index (χ0) is 11.4. The molecule has 0 aromatic heterocycles. The van der Waals surface area contributed by atoms with Gasteiger partial charge in [0, 0.05) is 18.3 Å². The first-order valence-corrected chi connectivity index (χ1v) is 4.87. The van der Waals surface area contributed by atoms with Crippen LogP contribution in [0.15, 0.2) is 35.8 Å². The monoisotopic (exact) mass is 221 g/mol. The van der Waals surface area contributed by atoms with Gasteiger partial charge in [-0.2, -0.15) is 0 Å². The van der Waals surface area contributed by atoms with E-state index in [4.69, 9.17) is 11.6 Å². The fourth-order valence-corrected chi connectivity index (χ4v) is 1.29. The number of rotatable bonds is 3. The number of aliphatic imine (C=N–C) groups is 1. The lowest BCUT2D eigenvalue weighted by molar-refractivity contribution is 0.108. The second kappa shape index (κ2) is 4.89. The summed E-state index contributed by atoms with van der Waals surface area (Å²) in [5.74, 6) is 0. The topological polar surface area (TPSA) is 29.4 Å². The molecular weight excluding hydrogens is 210 g/mol. The maximum Gasteiger partial charge on any atom is 0.252 e. The Labute approximate surface area is 94.3 Å². The van der Waals surface area contributed by atoms with Gasteiger partial charge in [0.15, 0.2) is 0 Å². The molecule has 0 atom stereocenters. The molecule has 0 radical (unpaired) electrons. The van der Waals surface area contributed by atoms with Gasteiger partial charge in [-0.25, -0.2) is 0 Å². The molecular formula is C12H12ClNO. The summed E-state index contributed by atoms with van der Waals surface area (Å²) in [6.45, 7) is 5.78. The summed E-state index contributed by atoms with van der Waals surface area (Å²) in [5, 5.41) is -0.462. The predicted octanol–water partition coefficient (Wildman–Crippen LogP) is 3.17. The summed E-state index contributed by atoms with van der Waals surface area (Å²) < 4.78 is 0. The minimum Gasteiger partial charge on any atom is -0.293 e. The maximum absolute atomic E-state index is 11.0. The van der Waals surface area contributed by atoms with E-state index in [0.717, 1.165) is 16.8 Å². The van der Waals surface area contributed by atoms with E-state index in [0.29, 0.717) is 5.56 Å². The highest BCUT2D eigenvalue weighted by Gasteiger charge is 2.06. The van der Waals surface area contributed by atoms with Crippen molar-refractivity contribution in [3.63, 3.8) is 0 Å². The average molecular weight is 222 g/mol. The van der Waals surface area contributed by atoms with Crippen LogP contribution in [-0.4, -0.2) is 18.0 Å². The fraction of sp³-hybridized carbons (Fsp3) is 0.167. The molecule has 2 nitrogen and oxygen atoms in total. The number of hydrogen-bond donors (Lipinski definition) is 0. The number of carbonyl (C=O) groups is 1. The van der Waals surface area contributed by atoms with Crippen molar-refractivity contribution in [2.75, 3.05) is 7.05 Å². The first-order valence-electron chi connectivity index (χ1n) is 4.49. The lowest BCUT2D eigenvalue weighted by Crippen LogP contribution is -1.97. The van der Waals surface area contributed by atoms with Crippen LogP contribution >= 0.6 is 11.6 Å². The van der Waals surface area contributed by atoms with Crippen LogP contribution in [0.4, 0.5) is 0 Å². The number of halogens is 1. The molecule has 78 valence electrons. The number of nitrogens with zero attached hydrogens (tertiary/aromatic N) is 1. The van der Waals surface area contributed by atoms with E-state index in [1.807, 2.05) is 13.0 Å². The summed E-state index contributed by atoms with van der Waals surface area (Å²) in [7, 11) is 1.71. The maximum atomic E-state index is 11.0. The van der Waals surface area contributed by atoms with Crippen molar-refractivity contribution in [2.45, 2.75) is 6.92 Å². The van der Waals surface area contributed by atoms with Crippen molar-refractivity contribution < 1.29 is 4.79 Å². The third kappa shape index (κ3) is 2.77. The van der Waals surface area contributed by atoms with E-state index in [9.17, 15) is 4.79 Å². The highest BCUT2D eigenvalue weighted by molar-refractivity contribution is 6.67. The molecule has 0 unspecified atom stereocenters. The largest absolute Gasteiger partial charge is 0.293 e. The molecule has 0 bridgehead atoms. The van der Waals surface area contributed by atoms with E-state index in [-0.39, 0.29) is 0 Å². The van der Waals surface area contributed by atoms with Crippen molar-refractivity contribution in [1.29, 1.82) is 0 Å². The molecule has 0 aliphatic rings. The number of allylic oxidation sites excluding steroid dienone is 1. The van der Waals surface area contributed by atoms with Gasteiger partial charge in [-0.3, -0.25) is 9.79 Å². The van der Waals surface area contributed by atoms with Gasteiger partial charge in [-0.15, -0.1) is 0 Å². The smallest absolute Gasteiger partial charge is 0.252 e. The first kappa shape index (κ1) is 11.7. The minimum absolute atomic E-state index is 0.462. The predicted molar refractivity (Wildman–Crippen MR) is 64.7 cm³/mol. The Morgan fingerprint density at radius 2 is 2.00 bits per heavy atom. The number of benzene rings is 1. The molecule has 0 N–H and O–H groups in total. The van der Waals surface area contributed by atoms with Crippen LogP contribution in [0.3, 0.4) is 0 Å². The SMILES string of the molecule is C=C(C(C)=NC)c1cccc(C(=O)Cl)c1. The zero-order valence-corrected chi connectivity index (χ0v) is 9.51. The van der Waals surface area contributed by atoms with Crippen LogP contribution in [0, 0.1) is 0 Å². The van der Waals surface area contributed by atoms with Crippen LogP contribution in [0.25, 0.3) is 5.57 Å². The van der Waals surface area contributed by atoms with Crippen molar-refractivity contribution >= 4 is 28.1 Å². The second-order valence-electron chi connectivity index (χ2n) is 3.14. The molecule has 0 spiro atoms. The Morgan fingerprint density at radius 1 is 1.40 bits per heavy atom. The van der Waals surface area contributed by atoms with Gasteiger partial charge in [0.1, 0.15) is 0 Å². The summed E-state index contributed by atoms with van der Waals surface area (Å²) in [6, 6.07) is 7.04. The highest BCUT2D eigenvalue weighted by atomic mass is 35.5. The fourth-order valence-electron chi connectivity index (χ4n) is 1.17. The molecule has 15 heavy (non-hydrogen) atoms. The zero-order valence-electron chi connectivity index (χ0n) is 8.75. The van der Waals surface area contributed by atoms with E-state index in [2.05, 4.69) is 11.6 Å². The van der Waals surface area contributed by atoms with Gasteiger partial charge in [-0.05, 0) is 35.7 Å². The lowest BCUT2D eigenvalue weighted by Gasteiger charge is -2.05. The van der Waals surface area contributed by atoms with Gasteiger partial charge >= 0.3 is 0 Å². The standard InChI is InChI=1S/C12H12ClNO/c1-8(9(2)14-3)10-5-4-6-11(7-10)12(13)15/h4-7H,1H2,2-3H3. The third-order valence-corrected chi connectivity index (χ3v) is 2.43. The Hall–Kier alpha value is -1.41. The van der Waals surface area contributed by atoms with Gasteiger partial charge in [0.05, 0.1) is 0 Å². The quantitative estimate of drug-likeness (QED) is 0.570. The van der Waals surface area contributed by atoms with Crippen LogP contribution in [0.1, 0.15) is 22.8 Å². The van der Waals surface area contributed by atoms with E-state index in [1.54, 1.807) is 25.2 Å². The molecule has 0 amide bonds. The molecule has 0 heterocycles. The van der Waals surface area contributed by atoms with Crippen molar-refractivity contribution in [3.8, 4) is 0 Å². The molecule has 0 aliphatic heterocycles. The molecule has 1 aromatic rings. The molecule has 1 rings (SSSR count). The van der Waals surface area contributed by atoms with E-state index in [1.165, 1.54) is 0 Å². The van der Waals surface area contributed by atoms with Gasteiger partial charge in [-0.1, -0.05) is 24.8 Å². The number of hydrogen-bond acceptors (Lipinski definition) is 2. The molecule has 0 fully saturated rings. The normalized spacial score (nSPS) is 11.3. The molecule has 0 saturated carbocycles. The van der Waals surface area contributed by atoms with Gasteiger partial charge in [0.25, 0.3) is 5.24 Å². The summed E-state index contributed by atoms with van der Waals surface area (Å²) in [5.41, 5.74) is 2.98. The van der Waals surface area contributed by atoms with Crippen LogP contribution in [-0.2, 0) is 0 Å². The Morgan fingerprint density at radius 3 is 2.53 bits per heavy atom. The average Bonchev–Trinajstić information content (AvgIpc) is 2.27. The highest BCUT2D eigenvalue weighted by Crippen LogP contribution is 2.16. The molecule has 3 heteroatoms. The van der Waals surface area contributed by atoms with Crippen molar-refractivity contribution in [3.05, 3.63) is 42.0 Å². The molecule has 0 aliphatic carbocycles. The van der Waals surface area contributed by atoms with E-state index >= 15 is 0 Å². The van der Waals surface area contributed by atoms with Crippen LogP contribution in [0.5, 0.6) is 0 Å².